The molecule has 124 valence electrons. The molecule has 0 unspecified atom stereocenters. The first-order valence-electron chi connectivity index (χ1n) is 8.58. The molecule has 1 amide bonds. The summed E-state index contributed by atoms with van der Waals surface area (Å²) in [5.74, 6) is 0.953. The second-order valence-electron chi connectivity index (χ2n) is 6.60. The summed E-state index contributed by atoms with van der Waals surface area (Å²) in [6.07, 6.45) is 1.82. The fraction of sp³-hybridized carbons (Fsp3) is 0.350. The highest BCUT2D eigenvalue weighted by Gasteiger charge is 2.28. The summed E-state index contributed by atoms with van der Waals surface area (Å²) in [6.45, 7) is 3.22. The van der Waals surface area contributed by atoms with Crippen LogP contribution in [0, 0.1) is 0 Å². The van der Waals surface area contributed by atoms with E-state index in [1.165, 1.54) is 11.3 Å². The van der Waals surface area contributed by atoms with Crippen molar-refractivity contribution in [1.82, 2.24) is 5.32 Å². The molecule has 1 N–H and O–H groups in total. The van der Waals surface area contributed by atoms with Gasteiger partial charge in [0.2, 0.25) is 5.91 Å². The molecule has 2 atom stereocenters. The second kappa shape index (κ2) is 6.19. The molecule has 2 aromatic rings. The van der Waals surface area contributed by atoms with Gasteiger partial charge in [-0.25, -0.2) is 0 Å². The van der Waals surface area contributed by atoms with Gasteiger partial charge in [0.15, 0.2) is 0 Å². The summed E-state index contributed by atoms with van der Waals surface area (Å²) in [5.41, 5.74) is 3.59. The van der Waals surface area contributed by atoms with E-state index >= 15 is 0 Å². The average Bonchev–Trinajstić information content (AvgIpc) is 2.91. The van der Waals surface area contributed by atoms with Gasteiger partial charge in [-0.1, -0.05) is 36.4 Å². The highest BCUT2D eigenvalue weighted by molar-refractivity contribution is 5.83. The molecule has 0 radical (unpaired) electrons. The second-order valence-corrected chi connectivity index (χ2v) is 6.60. The predicted octanol–water partition coefficient (Wildman–Crippen LogP) is 3.08. The first-order valence-corrected chi connectivity index (χ1v) is 8.58. The van der Waals surface area contributed by atoms with Crippen LogP contribution in [0.15, 0.2) is 48.5 Å². The zero-order chi connectivity index (χ0) is 16.5. The summed E-state index contributed by atoms with van der Waals surface area (Å²) >= 11 is 0. The molecular weight excluding hydrogens is 300 g/mol. The van der Waals surface area contributed by atoms with Crippen molar-refractivity contribution in [2.75, 3.05) is 18.1 Å². The molecule has 2 heterocycles. The molecule has 24 heavy (non-hydrogen) atoms. The predicted molar refractivity (Wildman–Crippen MR) is 94.4 cm³/mol. The van der Waals surface area contributed by atoms with Gasteiger partial charge in [-0.3, -0.25) is 4.79 Å². The molecule has 2 aliphatic heterocycles. The van der Waals surface area contributed by atoms with Crippen molar-refractivity contribution >= 4 is 11.6 Å². The quantitative estimate of drug-likeness (QED) is 0.944. The van der Waals surface area contributed by atoms with Gasteiger partial charge in [-0.05, 0) is 31.0 Å². The van der Waals surface area contributed by atoms with Gasteiger partial charge in [0.1, 0.15) is 5.75 Å². The maximum absolute atomic E-state index is 12.6. The third-order valence-corrected chi connectivity index (χ3v) is 4.96. The number of rotatable bonds is 3. The van der Waals surface area contributed by atoms with E-state index in [1.807, 2.05) is 30.3 Å². The van der Waals surface area contributed by atoms with Gasteiger partial charge in [0.05, 0.1) is 19.2 Å². The number of nitrogens with one attached hydrogen (secondary N) is 1. The van der Waals surface area contributed by atoms with E-state index in [0.717, 1.165) is 24.2 Å². The van der Waals surface area contributed by atoms with Crippen LogP contribution in [-0.4, -0.2) is 25.1 Å². The van der Waals surface area contributed by atoms with E-state index in [0.29, 0.717) is 19.2 Å². The van der Waals surface area contributed by atoms with Crippen LogP contribution < -0.4 is 15.0 Å². The number of anilines is 1. The van der Waals surface area contributed by atoms with Crippen LogP contribution in [0.25, 0.3) is 0 Å². The SMILES string of the molecule is C[C@H]1Cc2ccccc2N1CC(=O)N[C@H]1CCOc2ccccc21. The van der Waals surface area contributed by atoms with Gasteiger partial charge >= 0.3 is 0 Å². The van der Waals surface area contributed by atoms with Gasteiger partial charge in [-0.15, -0.1) is 0 Å². The average molecular weight is 322 g/mol. The van der Waals surface area contributed by atoms with Crippen LogP contribution in [-0.2, 0) is 11.2 Å². The Labute approximate surface area is 142 Å². The number of para-hydroxylation sites is 2. The van der Waals surface area contributed by atoms with E-state index in [-0.39, 0.29) is 11.9 Å². The maximum Gasteiger partial charge on any atom is 0.240 e. The summed E-state index contributed by atoms with van der Waals surface area (Å²) in [7, 11) is 0. The van der Waals surface area contributed by atoms with Crippen molar-refractivity contribution in [1.29, 1.82) is 0 Å². The molecule has 2 aromatic carbocycles. The number of fused-ring (bicyclic) bond motifs is 2. The Kier molecular flexibility index (Phi) is 3.89. The number of ether oxygens (including phenoxy) is 1. The zero-order valence-corrected chi connectivity index (χ0v) is 13.9. The van der Waals surface area contributed by atoms with Gasteiger partial charge in [-0.2, -0.15) is 0 Å². The van der Waals surface area contributed by atoms with Crippen molar-refractivity contribution < 1.29 is 9.53 Å². The van der Waals surface area contributed by atoms with E-state index in [1.54, 1.807) is 0 Å². The molecule has 0 fully saturated rings. The van der Waals surface area contributed by atoms with Crippen LogP contribution in [0.3, 0.4) is 0 Å². The fourth-order valence-corrected chi connectivity index (χ4v) is 3.76. The third kappa shape index (κ3) is 2.73. The molecule has 0 bridgehead atoms. The van der Waals surface area contributed by atoms with E-state index < -0.39 is 0 Å². The third-order valence-electron chi connectivity index (χ3n) is 4.96. The van der Waals surface area contributed by atoms with E-state index in [9.17, 15) is 4.79 Å². The van der Waals surface area contributed by atoms with Crippen LogP contribution in [0.5, 0.6) is 5.75 Å². The van der Waals surface area contributed by atoms with Gasteiger partial charge in [0.25, 0.3) is 0 Å². The lowest BCUT2D eigenvalue weighted by molar-refractivity contribution is -0.120. The summed E-state index contributed by atoms with van der Waals surface area (Å²) in [4.78, 5) is 14.8. The first kappa shape index (κ1) is 15.1. The van der Waals surface area contributed by atoms with Crippen LogP contribution in [0.1, 0.15) is 30.5 Å². The van der Waals surface area contributed by atoms with Crippen LogP contribution in [0.4, 0.5) is 5.69 Å². The molecule has 4 heteroatoms. The largest absolute Gasteiger partial charge is 0.493 e. The van der Waals surface area contributed by atoms with Crippen LogP contribution >= 0.6 is 0 Å². The lowest BCUT2D eigenvalue weighted by atomic mass is 10.0. The van der Waals surface area contributed by atoms with Crippen LogP contribution in [0.2, 0.25) is 0 Å². The Morgan fingerprint density at radius 2 is 2.00 bits per heavy atom. The number of hydrogen-bond donors (Lipinski definition) is 1. The van der Waals surface area contributed by atoms with E-state index in [4.69, 9.17) is 4.74 Å². The Bertz CT molecular complexity index is 759. The lowest BCUT2D eigenvalue weighted by Gasteiger charge is -2.29. The van der Waals surface area contributed by atoms with Gasteiger partial charge < -0.3 is 15.0 Å². The Hall–Kier alpha value is -2.49. The van der Waals surface area contributed by atoms with Crippen molar-refractivity contribution in [3.63, 3.8) is 0 Å². The first-order chi connectivity index (χ1) is 11.7. The minimum atomic E-state index is 0.0376. The summed E-state index contributed by atoms with van der Waals surface area (Å²) in [5, 5.41) is 3.19. The monoisotopic (exact) mass is 322 g/mol. The molecule has 0 spiro atoms. The standard InChI is InChI=1S/C20H22N2O2/c1-14-12-15-6-2-4-8-18(15)22(14)13-20(23)21-17-10-11-24-19-9-5-3-7-16(17)19/h2-9,14,17H,10-13H2,1H3,(H,21,23)/t14-,17-/m0/s1. The van der Waals surface area contributed by atoms with Crippen molar-refractivity contribution in [3.8, 4) is 5.75 Å². The van der Waals surface area contributed by atoms with E-state index in [2.05, 4.69) is 35.3 Å². The molecule has 4 rings (SSSR count). The van der Waals surface area contributed by atoms with Crippen molar-refractivity contribution in [3.05, 3.63) is 59.7 Å². The molecule has 0 aromatic heterocycles. The Morgan fingerprint density at radius 3 is 2.92 bits per heavy atom. The molecule has 0 aliphatic carbocycles. The molecule has 0 saturated heterocycles. The number of amides is 1. The zero-order valence-electron chi connectivity index (χ0n) is 13.9. The van der Waals surface area contributed by atoms with Crippen molar-refractivity contribution in [2.45, 2.75) is 31.8 Å². The normalized spacial score (nSPS) is 21.6. The number of carbonyl (C=O) groups is 1. The number of hydrogen-bond acceptors (Lipinski definition) is 3. The minimum Gasteiger partial charge on any atom is -0.493 e. The highest BCUT2D eigenvalue weighted by atomic mass is 16.5. The number of carbonyl (C=O) groups excluding carboxylic acids is 1. The summed E-state index contributed by atoms with van der Waals surface area (Å²) < 4.78 is 5.67. The molecule has 4 nitrogen and oxygen atoms in total. The Balaban J connectivity index is 1.47. The Morgan fingerprint density at radius 1 is 1.21 bits per heavy atom. The number of benzene rings is 2. The van der Waals surface area contributed by atoms with Crippen molar-refractivity contribution in [2.24, 2.45) is 0 Å². The minimum absolute atomic E-state index is 0.0376. The summed E-state index contributed by atoms with van der Waals surface area (Å²) in [6, 6.07) is 16.7. The lowest BCUT2D eigenvalue weighted by Crippen LogP contribution is -2.42. The molecule has 0 saturated carbocycles. The fourth-order valence-electron chi connectivity index (χ4n) is 3.76. The highest BCUT2D eigenvalue weighted by Crippen LogP contribution is 2.33. The van der Waals surface area contributed by atoms with Gasteiger partial charge in [0, 0.05) is 23.7 Å². The maximum atomic E-state index is 12.6. The number of nitrogens with zero attached hydrogens (tertiary/aromatic N) is 1. The smallest absolute Gasteiger partial charge is 0.240 e. The topological polar surface area (TPSA) is 41.6 Å². The molecule has 2 aliphatic rings. The molecular formula is C20H22N2O2.